The Bertz CT molecular complexity index is 2490. The number of fused-ring (bicyclic) bond motifs is 6. The van der Waals surface area contributed by atoms with Gasteiger partial charge in [0.1, 0.15) is 0 Å². The van der Waals surface area contributed by atoms with Gasteiger partial charge in [-0.3, -0.25) is 0 Å². The molecule has 2 aromatic heterocycles. The predicted octanol–water partition coefficient (Wildman–Crippen LogP) is 12.3. The van der Waals surface area contributed by atoms with Gasteiger partial charge < -0.3 is 9.47 Å². The van der Waals surface area contributed by atoms with E-state index in [9.17, 15) is 0 Å². The van der Waals surface area contributed by atoms with Crippen LogP contribution in [0, 0.1) is 0 Å². The normalized spacial score (nSPS) is 11.6. The predicted molar refractivity (Wildman–Crippen MR) is 194 cm³/mol. The fourth-order valence-electron chi connectivity index (χ4n) is 6.71. The summed E-state index contributed by atoms with van der Waals surface area (Å²) in [6.07, 6.45) is 0. The van der Waals surface area contributed by atoms with Crippen molar-refractivity contribution < 1.29 is 0 Å². The van der Waals surface area contributed by atoms with Crippen LogP contribution in [0.3, 0.4) is 0 Å². The number of hydrogen-bond acceptors (Lipinski definition) is 2. The number of rotatable bonds is 5. The second-order valence-electron chi connectivity index (χ2n) is 11.4. The summed E-state index contributed by atoms with van der Waals surface area (Å²) < 4.78 is 5.00. The van der Waals surface area contributed by atoms with Gasteiger partial charge in [-0.15, -0.1) is 11.3 Å². The molecule has 212 valence electrons. The van der Waals surface area contributed by atoms with Crippen molar-refractivity contribution in [1.82, 2.24) is 4.57 Å². The van der Waals surface area contributed by atoms with E-state index in [0.717, 1.165) is 17.1 Å². The number of para-hydroxylation sites is 3. The van der Waals surface area contributed by atoms with Crippen molar-refractivity contribution >= 4 is 70.4 Å². The first-order valence-corrected chi connectivity index (χ1v) is 16.1. The molecule has 0 atom stereocenters. The van der Waals surface area contributed by atoms with Gasteiger partial charge in [0.15, 0.2) is 0 Å². The van der Waals surface area contributed by atoms with Crippen LogP contribution >= 0.6 is 11.3 Å². The average Bonchev–Trinajstić information content (AvgIpc) is 3.64. The Morgan fingerprint density at radius 1 is 0.378 bits per heavy atom. The van der Waals surface area contributed by atoms with Crippen molar-refractivity contribution in [2.45, 2.75) is 0 Å². The number of hydrogen-bond donors (Lipinski definition) is 0. The van der Waals surface area contributed by atoms with Crippen LogP contribution in [0.2, 0.25) is 0 Å². The molecule has 7 aromatic carbocycles. The van der Waals surface area contributed by atoms with E-state index in [-0.39, 0.29) is 0 Å². The summed E-state index contributed by atoms with van der Waals surface area (Å²) in [7, 11) is 0. The third-order valence-corrected chi connectivity index (χ3v) is 9.89. The number of benzene rings is 7. The van der Waals surface area contributed by atoms with Crippen LogP contribution in [0.1, 0.15) is 0 Å². The molecule has 0 amide bonds. The van der Waals surface area contributed by atoms with Gasteiger partial charge in [-0.1, -0.05) is 103 Å². The van der Waals surface area contributed by atoms with E-state index in [0.29, 0.717) is 0 Å². The molecule has 0 saturated heterocycles. The second-order valence-corrected chi connectivity index (χ2v) is 12.5. The molecule has 2 heterocycles. The molecule has 0 fully saturated rings. The zero-order valence-electron chi connectivity index (χ0n) is 24.5. The Kier molecular flexibility index (Phi) is 6.03. The van der Waals surface area contributed by atoms with Crippen LogP contribution in [0.15, 0.2) is 170 Å². The van der Waals surface area contributed by atoms with E-state index >= 15 is 0 Å². The van der Waals surface area contributed by atoms with E-state index in [1.165, 1.54) is 58.8 Å². The van der Waals surface area contributed by atoms with Gasteiger partial charge in [0.25, 0.3) is 0 Å². The maximum Gasteiger partial charge on any atom is 0.0547 e. The van der Waals surface area contributed by atoms with Crippen LogP contribution in [0.4, 0.5) is 17.1 Å². The van der Waals surface area contributed by atoms with Crippen molar-refractivity contribution in [3.63, 3.8) is 0 Å². The lowest BCUT2D eigenvalue weighted by molar-refractivity contribution is 1.18. The topological polar surface area (TPSA) is 8.17 Å². The third-order valence-electron chi connectivity index (χ3n) is 8.76. The summed E-state index contributed by atoms with van der Waals surface area (Å²) in [5, 5.41) is 5.16. The van der Waals surface area contributed by atoms with Gasteiger partial charge in [0.05, 0.1) is 11.0 Å². The SMILES string of the molecule is c1ccc(N(c2cccc(-c3ccc4c5ccccc5n(-c5ccccc5)c4c3)c2)c2ccc3c(c2)sc2ccccc23)cc1. The lowest BCUT2D eigenvalue weighted by Gasteiger charge is -2.26. The third kappa shape index (κ3) is 4.32. The van der Waals surface area contributed by atoms with Crippen LogP contribution in [-0.4, -0.2) is 4.57 Å². The molecule has 3 heteroatoms. The minimum absolute atomic E-state index is 1.13. The number of thiophene rings is 1. The number of aromatic nitrogens is 1. The van der Waals surface area contributed by atoms with Gasteiger partial charge in [0, 0.05) is 53.7 Å². The summed E-state index contributed by atoms with van der Waals surface area (Å²) in [4.78, 5) is 2.37. The summed E-state index contributed by atoms with van der Waals surface area (Å²) >= 11 is 1.86. The molecule has 0 aliphatic rings. The molecular weight excluding hydrogens is 565 g/mol. The molecule has 0 unspecified atom stereocenters. The molecular formula is C42H28N2S. The van der Waals surface area contributed by atoms with Gasteiger partial charge in [-0.2, -0.15) is 0 Å². The molecule has 2 nitrogen and oxygen atoms in total. The Morgan fingerprint density at radius 3 is 1.87 bits per heavy atom. The van der Waals surface area contributed by atoms with E-state index in [1.54, 1.807) is 0 Å². The minimum Gasteiger partial charge on any atom is -0.310 e. The van der Waals surface area contributed by atoms with Crippen LogP contribution in [0.25, 0.3) is 58.8 Å². The largest absolute Gasteiger partial charge is 0.310 e. The average molecular weight is 593 g/mol. The van der Waals surface area contributed by atoms with Crippen LogP contribution in [0.5, 0.6) is 0 Å². The van der Waals surface area contributed by atoms with Gasteiger partial charge >= 0.3 is 0 Å². The molecule has 0 aliphatic carbocycles. The molecule has 45 heavy (non-hydrogen) atoms. The van der Waals surface area contributed by atoms with Crippen molar-refractivity contribution in [2.24, 2.45) is 0 Å². The summed E-state index contributed by atoms with van der Waals surface area (Å²) in [5.74, 6) is 0. The molecule has 0 radical (unpaired) electrons. The van der Waals surface area contributed by atoms with Crippen molar-refractivity contribution in [1.29, 1.82) is 0 Å². The molecule has 0 N–H and O–H groups in total. The Morgan fingerprint density at radius 2 is 1.00 bits per heavy atom. The Balaban J connectivity index is 1.21. The zero-order valence-corrected chi connectivity index (χ0v) is 25.3. The van der Waals surface area contributed by atoms with E-state index in [2.05, 4.69) is 179 Å². The van der Waals surface area contributed by atoms with Gasteiger partial charge in [-0.05, 0) is 77.9 Å². The first-order chi connectivity index (χ1) is 22.3. The molecule has 0 aliphatic heterocycles. The summed E-state index contributed by atoms with van der Waals surface area (Å²) in [6.45, 7) is 0. The monoisotopic (exact) mass is 592 g/mol. The van der Waals surface area contributed by atoms with Crippen LogP contribution in [-0.2, 0) is 0 Å². The highest BCUT2D eigenvalue weighted by Gasteiger charge is 2.17. The highest BCUT2D eigenvalue weighted by molar-refractivity contribution is 7.25. The number of anilines is 3. The lowest BCUT2D eigenvalue weighted by Crippen LogP contribution is -2.09. The quantitative estimate of drug-likeness (QED) is 0.193. The van der Waals surface area contributed by atoms with Crippen molar-refractivity contribution in [2.75, 3.05) is 4.90 Å². The maximum absolute atomic E-state index is 2.38. The van der Waals surface area contributed by atoms with Gasteiger partial charge in [0.2, 0.25) is 0 Å². The smallest absolute Gasteiger partial charge is 0.0547 e. The Labute approximate surface area is 265 Å². The first-order valence-electron chi connectivity index (χ1n) is 15.3. The first kappa shape index (κ1) is 25.8. The van der Waals surface area contributed by atoms with Gasteiger partial charge in [-0.25, -0.2) is 0 Å². The van der Waals surface area contributed by atoms with E-state index < -0.39 is 0 Å². The Hall–Kier alpha value is -5.64. The standard InChI is InChI=1S/C42H28N2S/c1-3-13-31(14-4-1)43(34-23-25-38-37-19-8-10-21-41(37)45-42(38)28-34)33-17-11-12-29(26-33)30-22-24-36-35-18-7-9-20-39(35)44(40(36)27-30)32-15-5-2-6-16-32/h1-28H. The van der Waals surface area contributed by atoms with Crippen molar-refractivity contribution in [3.05, 3.63) is 170 Å². The molecule has 0 bridgehead atoms. The second kappa shape index (κ2) is 10.5. The summed E-state index contributed by atoms with van der Waals surface area (Å²) in [5.41, 5.74) is 9.38. The zero-order chi connectivity index (χ0) is 29.7. The minimum atomic E-state index is 1.13. The molecule has 9 rings (SSSR count). The number of nitrogens with zero attached hydrogens (tertiary/aromatic N) is 2. The van der Waals surface area contributed by atoms with Crippen LogP contribution < -0.4 is 4.90 Å². The maximum atomic E-state index is 2.38. The fraction of sp³-hybridized carbons (Fsp3) is 0. The fourth-order valence-corrected chi connectivity index (χ4v) is 7.85. The lowest BCUT2D eigenvalue weighted by atomic mass is 10.0. The highest BCUT2D eigenvalue weighted by atomic mass is 32.1. The molecule has 0 saturated carbocycles. The highest BCUT2D eigenvalue weighted by Crippen LogP contribution is 2.42. The summed E-state index contributed by atoms with van der Waals surface area (Å²) in [6, 6.07) is 61.4. The van der Waals surface area contributed by atoms with E-state index in [4.69, 9.17) is 0 Å². The van der Waals surface area contributed by atoms with E-state index in [1.807, 2.05) is 11.3 Å². The molecule has 9 aromatic rings. The van der Waals surface area contributed by atoms with Crippen molar-refractivity contribution in [3.8, 4) is 16.8 Å². The molecule has 0 spiro atoms.